The van der Waals surface area contributed by atoms with Crippen LogP contribution in [0.1, 0.15) is 16.4 Å². The zero-order chi connectivity index (χ0) is 9.26. The first-order valence-corrected chi connectivity index (χ1v) is 3.71. The molecular weight excluding hydrogens is 170 g/mol. The number of carbonyl (C=O) groups is 1. The summed E-state index contributed by atoms with van der Waals surface area (Å²) >= 11 is 0. The van der Waals surface area contributed by atoms with Crippen LogP contribution >= 0.6 is 0 Å². The summed E-state index contributed by atoms with van der Waals surface area (Å²) in [5.74, 6) is 0.288. The Hall–Kier alpha value is -1.91. The summed E-state index contributed by atoms with van der Waals surface area (Å²) in [6.07, 6.45) is 2.78. The minimum absolute atomic E-state index is 0.259. The molecule has 0 aliphatic carbocycles. The highest BCUT2D eigenvalue weighted by Gasteiger charge is 2.16. The molecule has 0 amide bonds. The molecular formula is C8H7N3O2. The van der Waals surface area contributed by atoms with Crippen LogP contribution < -0.4 is 0 Å². The van der Waals surface area contributed by atoms with Gasteiger partial charge >= 0.3 is 0 Å². The number of furan rings is 1. The Bertz CT molecular complexity index is 416. The van der Waals surface area contributed by atoms with E-state index in [2.05, 4.69) is 10.1 Å². The lowest BCUT2D eigenvalue weighted by Gasteiger charge is -1.94. The first-order chi connectivity index (χ1) is 6.29. The van der Waals surface area contributed by atoms with Gasteiger partial charge in [0, 0.05) is 7.05 Å². The molecule has 0 bridgehead atoms. The van der Waals surface area contributed by atoms with Crippen molar-refractivity contribution in [3.63, 3.8) is 0 Å². The van der Waals surface area contributed by atoms with E-state index in [1.54, 1.807) is 19.2 Å². The molecule has 2 heterocycles. The highest BCUT2D eigenvalue weighted by Crippen LogP contribution is 2.06. The minimum atomic E-state index is -0.259. The third-order valence-corrected chi connectivity index (χ3v) is 1.66. The van der Waals surface area contributed by atoms with E-state index in [4.69, 9.17) is 4.42 Å². The van der Waals surface area contributed by atoms with Crippen molar-refractivity contribution in [3.05, 3.63) is 36.3 Å². The number of nitrogens with zero attached hydrogens (tertiary/aromatic N) is 3. The van der Waals surface area contributed by atoms with Crippen LogP contribution in [0.2, 0.25) is 0 Å². The number of hydrogen-bond acceptors (Lipinski definition) is 4. The van der Waals surface area contributed by atoms with Gasteiger partial charge in [0.2, 0.25) is 5.82 Å². The third kappa shape index (κ3) is 1.24. The topological polar surface area (TPSA) is 60.9 Å². The maximum atomic E-state index is 11.6. The van der Waals surface area contributed by atoms with Gasteiger partial charge in [0.15, 0.2) is 5.76 Å². The van der Waals surface area contributed by atoms with E-state index in [0.29, 0.717) is 0 Å². The van der Waals surface area contributed by atoms with Gasteiger partial charge < -0.3 is 4.42 Å². The zero-order valence-corrected chi connectivity index (χ0v) is 6.97. The van der Waals surface area contributed by atoms with Crippen molar-refractivity contribution in [2.75, 3.05) is 0 Å². The predicted octanol–water partition coefficient (Wildman–Crippen LogP) is 0.639. The van der Waals surface area contributed by atoms with Gasteiger partial charge in [-0.15, -0.1) is 0 Å². The third-order valence-electron chi connectivity index (χ3n) is 1.66. The Morgan fingerprint density at radius 3 is 3.00 bits per heavy atom. The molecule has 2 aromatic heterocycles. The second kappa shape index (κ2) is 2.85. The monoisotopic (exact) mass is 177 g/mol. The summed E-state index contributed by atoms with van der Waals surface area (Å²) in [6.45, 7) is 0. The van der Waals surface area contributed by atoms with Gasteiger partial charge in [-0.3, -0.25) is 4.79 Å². The second-order valence-corrected chi connectivity index (χ2v) is 2.51. The number of aromatic nitrogens is 3. The van der Waals surface area contributed by atoms with Crippen molar-refractivity contribution in [2.24, 2.45) is 7.05 Å². The molecule has 0 aliphatic heterocycles. The molecule has 0 spiro atoms. The number of hydrogen-bond donors (Lipinski definition) is 0. The number of aryl methyl sites for hydroxylation is 1. The van der Waals surface area contributed by atoms with E-state index in [1.807, 2.05) is 0 Å². The molecule has 0 saturated carbocycles. The quantitative estimate of drug-likeness (QED) is 0.631. The van der Waals surface area contributed by atoms with Crippen molar-refractivity contribution in [1.82, 2.24) is 14.8 Å². The zero-order valence-electron chi connectivity index (χ0n) is 6.97. The predicted molar refractivity (Wildman–Crippen MR) is 43.1 cm³/mol. The Morgan fingerprint density at radius 2 is 2.46 bits per heavy atom. The van der Waals surface area contributed by atoms with Crippen LogP contribution in [0.4, 0.5) is 0 Å². The SMILES string of the molecule is Cn1ncnc1C(=O)c1ccco1. The summed E-state index contributed by atoms with van der Waals surface area (Å²) in [4.78, 5) is 15.4. The molecule has 2 rings (SSSR count). The Balaban J connectivity index is 2.39. The molecule has 0 aliphatic rings. The second-order valence-electron chi connectivity index (χ2n) is 2.51. The normalized spacial score (nSPS) is 10.2. The van der Waals surface area contributed by atoms with E-state index >= 15 is 0 Å². The first kappa shape index (κ1) is 7.72. The lowest BCUT2D eigenvalue weighted by Crippen LogP contribution is -2.08. The van der Waals surface area contributed by atoms with Crippen molar-refractivity contribution >= 4 is 5.78 Å². The molecule has 5 nitrogen and oxygen atoms in total. The summed E-state index contributed by atoms with van der Waals surface area (Å²) < 4.78 is 6.35. The van der Waals surface area contributed by atoms with Crippen molar-refractivity contribution in [3.8, 4) is 0 Å². The lowest BCUT2D eigenvalue weighted by atomic mass is 10.3. The summed E-state index contributed by atoms with van der Waals surface area (Å²) in [6, 6.07) is 3.25. The maximum Gasteiger partial charge on any atom is 0.265 e. The summed E-state index contributed by atoms with van der Waals surface area (Å²) in [7, 11) is 1.66. The molecule has 66 valence electrons. The fourth-order valence-corrected chi connectivity index (χ4v) is 1.02. The van der Waals surface area contributed by atoms with E-state index in [9.17, 15) is 4.79 Å². The standard InChI is InChI=1S/C8H7N3O2/c1-11-8(9-5-10-11)7(12)6-3-2-4-13-6/h2-5H,1H3. The van der Waals surface area contributed by atoms with Crippen LogP contribution in [0, 0.1) is 0 Å². The van der Waals surface area contributed by atoms with Gasteiger partial charge in [-0.05, 0) is 12.1 Å². The van der Waals surface area contributed by atoms with Crippen LogP contribution in [0.3, 0.4) is 0 Å². The molecule has 2 aromatic rings. The van der Waals surface area contributed by atoms with Gasteiger partial charge in [0.25, 0.3) is 5.78 Å². The Labute approximate surface area is 74.0 Å². The van der Waals surface area contributed by atoms with E-state index < -0.39 is 0 Å². The van der Waals surface area contributed by atoms with E-state index in [-0.39, 0.29) is 17.4 Å². The average molecular weight is 177 g/mol. The fraction of sp³-hybridized carbons (Fsp3) is 0.125. The average Bonchev–Trinajstić information content (AvgIpc) is 2.72. The largest absolute Gasteiger partial charge is 0.461 e. The molecule has 0 unspecified atom stereocenters. The van der Waals surface area contributed by atoms with Crippen LogP contribution in [0.15, 0.2) is 29.1 Å². The molecule has 0 saturated heterocycles. The lowest BCUT2D eigenvalue weighted by molar-refractivity contribution is 0.0995. The molecule has 0 aromatic carbocycles. The number of carbonyl (C=O) groups excluding carboxylic acids is 1. The molecule has 0 radical (unpaired) electrons. The van der Waals surface area contributed by atoms with Gasteiger partial charge in [0.1, 0.15) is 6.33 Å². The maximum absolute atomic E-state index is 11.6. The number of rotatable bonds is 2. The van der Waals surface area contributed by atoms with Crippen LogP contribution in [-0.2, 0) is 7.05 Å². The van der Waals surface area contributed by atoms with Crippen LogP contribution in [0.25, 0.3) is 0 Å². The van der Waals surface area contributed by atoms with E-state index in [0.717, 1.165) is 0 Å². The van der Waals surface area contributed by atoms with E-state index in [1.165, 1.54) is 17.3 Å². The molecule has 0 atom stereocenters. The Kier molecular flexibility index (Phi) is 1.70. The van der Waals surface area contributed by atoms with Gasteiger partial charge in [0.05, 0.1) is 6.26 Å². The van der Waals surface area contributed by atoms with Gasteiger partial charge in [-0.1, -0.05) is 0 Å². The van der Waals surface area contributed by atoms with Gasteiger partial charge in [-0.25, -0.2) is 9.67 Å². The summed E-state index contributed by atoms with van der Waals surface area (Å²) in [5.41, 5.74) is 0. The molecule has 0 fully saturated rings. The van der Waals surface area contributed by atoms with Crippen LogP contribution in [-0.4, -0.2) is 20.5 Å². The smallest absolute Gasteiger partial charge is 0.265 e. The van der Waals surface area contributed by atoms with Crippen LogP contribution in [0.5, 0.6) is 0 Å². The highest BCUT2D eigenvalue weighted by molar-refractivity contribution is 6.04. The summed E-state index contributed by atoms with van der Waals surface area (Å²) in [5, 5.41) is 3.79. The van der Waals surface area contributed by atoms with Crippen molar-refractivity contribution in [1.29, 1.82) is 0 Å². The van der Waals surface area contributed by atoms with Crippen molar-refractivity contribution < 1.29 is 9.21 Å². The number of ketones is 1. The molecule has 5 heteroatoms. The Morgan fingerprint density at radius 1 is 1.62 bits per heavy atom. The first-order valence-electron chi connectivity index (χ1n) is 3.71. The molecule has 13 heavy (non-hydrogen) atoms. The van der Waals surface area contributed by atoms with Crippen molar-refractivity contribution in [2.45, 2.75) is 0 Å². The minimum Gasteiger partial charge on any atom is -0.461 e. The molecule has 0 N–H and O–H groups in total. The highest BCUT2D eigenvalue weighted by atomic mass is 16.3. The van der Waals surface area contributed by atoms with Gasteiger partial charge in [-0.2, -0.15) is 5.10 Å². The fourth-order valence-electron chi connectivity index (χ4n) is 1.02.